The van der Waals surface area contributed by atoms with Crippen molar-refractivity contribution in [1.29, 1.82) is 0 Å². The largest absolute Gasteiger partial charge is 0.326 e. The molecule has 1 N–H and O–H groups in total. The first kappa shape index (κ1) is 15.0. The van der Waals surface area contributed by atoms with E-state index in [1.165, 1.54) is 0 Å². The fourth-order valence-corrected chi connectivity index (χ4v) is 2.53. The summed E-state index contributed by atoms with van der Waals surface area (Å²) in [7, 11) is 0. The molecule has 0 fully saturated rings. The fourth-order valence-electron chi connectivity index (χ4n) is 2.53. The quantitative estimate of drug-likeness (QED) is 0.772. The van der Waals surface area contributed by atoms with Gasteiger partial charge in [0.15, 0.2) is 0 Å². The standard InChI is InChI=1S/C20H18N2O/c23-20(22-17-11-5-2-6-12-17)19(16-9-3-1-4-10-16)15-18-13-7-8-14-21-18/h1-14,19H,15H2,(H,22,23). The van der Waals surface area contributed by atoms with Crippen molar-refractivity contribution in [1.82, 2.24) is 4.98 Å². The molecule has 0 spiro atoms. The van der Waals surface area contributed by atoms with E-state index in [0.717, 1.165) is 16.9 Å². The number of nitrogens with zero attached hydrogens (tertiary/aromatic N) is 1. The predicted octanol–water partition coefficient (Wildman–Crippen LogP) is 4.05. The van der Waals surface area contributed by atoms with Crippen LogP contribution in [0.2, 0.25) is 0 Å². The minimum absolute atomic E-state index is 0.0203. The van der Waals surface area contributed by atoms with Crippen molar-refractivity contribution in [2.24, 2.45) is 0 Å². The molecule has 3 heteroatoms. The van der Waals surface area contributed by atoms with Gasteiger partial charge in [-0.2, -0.15) is 0 Å². The summed E-state index contributed by atoms with van der Waals surface area (Å²) < 4.78 is 0. The number of para-hydroxylation sites is 1. The maximum atomic E-state index is 12.8. The van der Waals surface area contributed by atoms with E-state index in [-0.39, 0.29) is 11.8 Å². The first-order valence-corrected chi connectivity index (χ1v) is 7.64. The molecular formula is C20H18N2O. The molecule has 2 aromatic carbocycles. The third-order valence-corrected chi connectivity index (χ3v) is 3.70. The first-order valence-electron chi connectivity index (χ1n) is 7.64. The van der Waals surface area contributed by atoms with Crippen LogP contribution >= 0.6 is 0 Å². The minimum atomic E-state index is -0.272. The van der Waals surface area contributed by atoms with Crippen LogP contribution in [-0.4, -0.2) is 10.9 Å². The number of amides is 1. The van der Waals surface area contributed by atoms with Gasteiger partial charge in [-0.1, -0.05) is 54.6 Å². The lowest BCUT2D eigenvalue weighted by Gasteiger charge is -2.17. The summed E-state index contributed by atoms with van der Waals surface area (Å²) in [5.74, 6) is -0.292. The number of carbonyl (C=O) groups is 1. The second-order valence-corrected chi connectivity index (χ2v) is 5.34. The number of benzene rings is 2. The Balaban J connectivity index is 1.84. The van der Waals surface area contributed by atoms with Crippen molar-refractivity contribution >= 4 is 11.6 Å². The smallest absolute Gasteiger partial charge is 0.232 e. The van der Waals surface area contributed by atoms with Gasteiger partial charge in [-0.15, -0.1) is 0 Å². The van der Waals surface area contributed by atoms with Crippen LogP contribution in [0.3, 0.4) is 0 Å². The molecule has 23 heavy (non-hydrogen) atoms. The molecule has 0 radical (unpaired) electrons. The Bertz CT molecular complexity index is 742. The molecule has 3 rings (SSSR count). The van der Waals surface area contributed by atoms with Crippen LogP contribution in [0.1, 0.15) is 17.2 Å². The number of rotatable bonds is 5. The van der Waals surface area contributed by atoms with Crippen LogP contribution in [0, 0.1) is 0 Å². The highest BCUT2D eigenvalue weighted by atomic mass is 16.1. The summed E-state index contributed by atoms with van der Waals surface area (Å²) in [5.41, 5.74) is 2.70. The SMILES string of the molecule is O=C(Nc1ccccc1)C(Cc1ccccn1)c1ccccc1. The van der Waals surface area contributed by atoms with Gasteiger partial charge in [-0.25, -0.2) is 0 Å². The summed E-state index contributed by atoms with van der Waals surface area (Å²) in [6.45, 7) is 0. The highest BCUT2D eigenvalue weighted by molar-refractivity contribution is 5.96. The molecule has 3 aromatic rings. The van der Waals surface area contributed by atoms with E-state index in [0.29, 0.717) is 6.42 Å². The van der Waals surface area contributed by atoms with E-state index in [1.807, 2.05) is 78.9 Å². The van der Waals surface area contributed by atoms with Crippen LogP contribution in [0.5, 0.6) is 0 Å². The maximum absolute atomic E-state index is 12.8. The van der Waals surface area contributed by atoms with Gasteiger partial charge < -0.3 is 5.32 Å². The zero-order chi connectivity index (χ0) is 15.9. The van der Waals surface area contributed by atoms with Crippen LogP contribution in [0.25, 0.3) is 0 Å². The predicted molar refractivity (Wildman–Crippen MR) is 92.2 cm³/mol. The highest BCUT2D eigenvalue weighted by Crippen LogP contribution is 2.22. The lowest BCUT2D eigenvalue weighted by Crippen LogP contribution is -2.23. The third-order valence-electron chi connectivity index (χ3n) is 3.70. The van der Waals surface area contributed by atoms with Gasteiger partial charge in [0.1, 0.15) is 0 Å². The molecule has 0 aliphatic heterocycles. The van der Waals surface area contributed by atoms with E-state index < -0.39 is 0 Å². The molecule has 0 saturated carbocycles. The van der Waals surface area contributed by atoms with Gasteiger partial charge in [0.05, 0.1) is 5.92 Å². The number of hydrogen-bond donors (Lipinski definition) is 1. The monoisotopic (exact) mass is 302 g/mol. The molecule has 1 atom stereocenters. The number of aromatic nitrogens is 1. The van der Waals surface area contributed by atoms with Crippen molar-refractivity contribution < 1.29 is 4.79 Å². The lowest BCUT2D eigenvalue weighted by atomic mass is 9.93. The summed E-state index contributed by atoms with van der Waals surface area (Å²) in [6, 6.07) is 25.1. The highest BCUT2D eigenvalue weighted by Gasteiger charge is 2.21. The number of anilines is 1. The summed E-state index contributed by atoms with van der Waals surface area (Å²) in [5, 5.41) is 2.99. The normalized spacial score (nSPS) is 11.7. The van der Waals surface area contributed by atoms with E-state index in [2.05, 4.69) is 10.3 Å². The minimum Gasteiger partial charge on any atom is -0.326 e. The van der Waals surface area contributed by atoms with Gasteiger partial charge >= 0.3 is 0 Å². The van der Waals surface area contributed by atoms with E-state index in [9.17, 15) is 4.79 Å². The Hall–Kier alpha value is -2.94. The topological polar surface area (TPSA) is 42.0 Å². The second kappa shape index (κ2) is 7.36. The third kappa shape index (κ3) is 4.04. The maximum Gasteiger partial charge on any atom is 0.232 e. The van der Waals surface area contributed by atoms with Crippen LogP contribution in [-0.2, 0) is 11.2 Å². The number of hydrogen-bond acceptors (Lipinski definition) is 2. The Labute approximate surface area is 136 Å². The Morgan fingerprint density at radius 1 is 0.870 bits per heavy atom. The molecule has 1 aromatic heterocycles. The summed E-state index contributed by atoms with van der Waals surface area (Å²) in [6.07, 6.45) is 2.33. The Morgan fingerprint density at radius 3 is 2.17 bits per heavy atom. The van der Waals surface area contributed by atoms with Crippen molar-refractivity contribution in [3.05, 3.63) is 96.3 Å². The second-order valence-electron chi connectivity index (χ2n) is 5.34. The first-order chi connectivity index (χ1) is 11.3. The van der Waals surface area contributed by atoms with Crippen LogP contribution in [0.15, 0.2) is 85.1 Å². The molecule has 1 heterocycles. The number of carbonyl (C=O) groups excluding carboxylic acids is 1. The zero-order valence-electron chi connectivity index (χ0n) is 12.7. The van der Waals surface area contributed by atoms with E-state index in [1.54, 1.807) is 6.20 Å². The zero-order valence-corrected chi connectivity index (χ0v) is 12.7. The van der Waals surface area contributed by atoms with Gasteiger partial charge in [0, 0.05) is 24.0 Å². The lowest BCUT2D eigenvalue weighted by molar-refractivity contribution is -0.117. The average Bonchev–Trinajstić information content (AvgIpc) is 2.62. The molecule has 0 aliphatic rings. The molecule has 3 nitrogen and oxygen atoms in total. The molecule has 0 bridgehead atoms. The van der Waals surface area contributed by atoms with Gasteiger partial charge in [-0.3, -0.25) is 9.78 Å². The Kier molecular flexibility index (Phi) is 4.79. The fraction of sp³-hybridized carbons (Fsp3) is 0.100. The Morgan fingerprint density at radius 2 is 1.52 bits per heavy atom. The van der Waals surface area contributed by atoms with E-state index in [4.69, 9.17) is 0 Å². The van der Waals surface area contributed by atoms with Crippen molar-refractivity contribution in [3.63, 3.8) is 0 Å². The summed E-state index contributed by atoms with van der Waals surface area (Å²) >= 11 is 0. The van der Waals surface area contributed by atoms with Gasteiger partial charge in [0.25, 0.3) is 0 Å². The molecule has 0 aliphatic carbocycles. The van der Waals surface area contributed by atoms with Crippen molar-refractivity contribution in [2.45, 2.75) is 12.3 Å². The molecular weight excluding hydrogens is 284 g/mol. The molecule has 0 saturated heterocycles. The van der Waals surface area contributed by atoms with Crippen molar-refractivity contribution in [2.75, 3.05) is 5.32 Å². The van der Waals surface area contributed by atoms with E-state index >= 15 is 0 Å². The van der Waals surface area contributed by atoms with Gasteiger partial charge in [0.2, 0.25) is 5.91 Å². The van der Waals surface area contributed by atoms with Crippen LogP contribution in [0.4, 0.5) is 5.69 Å². The average molecular weight is 302 g/mol. The van der Waals surface area contributed by atoms with Crippen LogP contribution < -0.4 is 5.32 Å². The summed E-state index contributed by atoms with van der Waals surface area (Å²) in [4.78, 5) is 17.1. The molecule has 1 unspecified atom stereocenters. The molecule has 114 valence electrons. The number of pyridine rings is 1. The van der Waals surface area contributed by atoms with Gasteiger partial charge in [-0.05, 0) is 29.8 Å². The number of nitrogens with one attached hydrogen (secondary N) is 1. The van der Waals surface area contributed by atoms with Crippen molar-refractivity contribution in [3.8, 4) is 0 Å². The molecule has 1 amide bonds.